The Balaban J connectivity index is 1.77. The van der Waals surface area contributed by atoms with Gasteiger partial charge in [0.1, 0.15) is 0 Å². The fourth-order valence-electron chi connectivity index (χ4n) is 4.61. The van der Waals surface area contributed by atoms with Gasteiger partial charge in [0.2, 0.25) is 5.91 Å². The van der Waals surface area contributed by atoms with Crippen LogP contribution in [0.4, 0.5) is 13.2 Å². The number of amides is 1. The van der Waals surface area contributed by atoms with E-state index in [2.05, 4.69) is 11.9 Å². The Morgan fingerprint density at radius 2 is 1.84 bits per heavy atom. The minimum absolute atomic E-state index is 0.00288. The van der Waals surface area contributed by atoms with Gasteiger partial charge in [0, 0.05) is 42.5 Å². The lowest BCUT2D eigenvalue weighted by Gasteiger charge is -2.29. The first-order chi connectivity index (χ1) is 14.9. The summed E-state index contributed by atoms with van der Waals surface area (Å²) < 4.78 is 40.2. The first-order valence-corrected chi connectivity index (χ1v) is 10.9. The largest absolute Gasteiger partial charge is 0.416 e. The summed E-state index contributed by atoms with van der Waals surface area (Å²) in [5, 5.41) is 0.966. The predicted molar refractivity (Wildman–Crippen MR) is 116 cm³/mol. The van der Waals surface area contributed by atoms with Crippen LogP contribution < -0.4 is 0 Å². The van der Waals surface area contributed by atoms with Crippen LogP contribution in [0, 0.1) is 0 Å². The molecule has 31 heavy (non-hydrogen) atoms. The lowest BCUT2D eigenvalue weighted by atomic mass is 9.86. The zero-order valence-corrected chi connectivity index (χ0v) is 17.6. The number of aromatic nitrogens is 1. The molecule has 0 bridgehead atoms. The van der Waals surface area contributed by atoms with E-state index in [4.69, 9.17) is 0 Å². The highest BCUT2D eigenvalue weighted by atomic mass is 19.4. The second-order valence-corrected chi connectivity index (χ2v) is 8.26. The molecule has 6 heteroatoms. The van der Waals surface area contributed by atoms with E-state index >= 15 is 0 Å². The number of hydrogen-bond donors (Lipinski definition) is 1. The molecule has 1 aliphatic rings. The highest BCUT2D eigenvalue weighted by Crippen LogP contribution is 2.38. The minimum atomic E-state index is -4.42. The molecule has 4 rings (SSSR count). The zero-order valence-electron chi connectivity index (χ0n) is 17.6. The van der Waals surface area contributed by atoms with E-state index in [1.165, 1.54) is 12.1 Å². The maximum atomic E-state index is 13.4. The number of likely N-dealkylation sites (tertiary alicyclic amines) is 1. The van der Waals surface area contributed by atoms with E-state index < -0.39 is 17.7 Å². The topological polar surface area (TPSA) is 36.1 Å². The Bertz CT molecular complexity index is 1060. The molecule has 164 valence electrons. The van der Waals surface area contributed by atoms with Crippen molar-refractivity contribution in [3.05, 3.63) is 70.9 Å². The van der Waals surface area contributed by atoms with E-state index in [0.29, 0.717) is 5.56 Å². The van der Waals surface area contributed by atoms with Crippen LogP contribution in [0.1, 0.15) is 60.8 Å². The summed E-state index contributed by atoms with van der Waals surface area (Å²) in [6.45, 7) is 3.52. The van der Waals surface area contributed by atoms with Crippen molar-refractivity contribution in [2.24, 2.45) is 0 Å². The highest BCUT2D eigenvalue weighted by Gasteiger charge is 2.32. The van der Waals surface area contributed by atoms with Gasteiger partial charge in [0.15, 0.2) is 0 Å². The van der Waals surface area contributed by atoms with Gasteiger partial charge in [0.05, 0.1) is 5.56 Å². The molecule has 0 saturated carbocycles. The van der Waals surface area contributed by atoms with E-state index in [0.717, 1.165) is 66.9 Å². The number of hydrogen-bond acceptors (Lipinski definition) is 1. The van der Waals surface area contributed by atoms with Crippen molar-refractivity contribution in [2.75, 3.05) is 13.1 Å². The average molecular weight is 428 g/mol. The van der Waals surface area contributed by atoms with Crippen molar-refractivity contribution >= 4 is 16.8 Å². The summed E-state index contributed by atoms with van der Waals surface area (Å²) in [5.74, 6) is -0.444. The molecule has 0 spiro atoms. The van der Waals surface area contributed by atoms with Crippen LogP contribution in [0.5, 0.6) is 0 Å². The molecule has 2 heterocycles. The second kappa shape index (κ2) is 8.77. The number of aryl methyl sites for hydroxylation is 1. The lowest BCUT2D eigenvalue weighted by Crippen LogP contribution is -2.36. The van der Waals surface area contributed by atoms with Gasteiger partial charge in [-0.3, -0.25) is 4.79 Å². The summed E-state index contributed by atoms with van der Waals surface area (Å²) in [6.07, 6.45) is 1.51. The molecule has 3 aromatic rings. The molecule has 2 aromatic carbocycles. The number of carbonyl (C=O) groups is 1. The number of H-pyrrole nitrogens is 1. The molecule has 1 saturated heterocycles. The zero-order chi connectivity index (χ0) is 22.0. The molecule has 1 atom stereocenters. The van der Waals surface area contributed by atoms with Gasteiger partial charge in [-0.15, -0.1) is 0 Å². The molecule has 1 fully saturated rings. The summed E-state index contributed by atoms with van der Waals surface area (Å²) in [4.78, 5) is 18.3. The number of benzene rings is 2. The van der Waals surface area contributed by atoms with Crippen molar-refractivity contribution in [3.63, 3.8) is 0 Å². The second-order valence-electron chi connectivity index (χ2n) is 8.26. The van der Waals surface area contributed by atoms with Crippen molar-refractivity contribution in [2.45, 2.75) is 51.1 Å². The van der Waals surface area contributed by atoms with Crippen LogP contribution in [0.2, 0.25) is 0 Å². The van der Waals surface area contributed by atoms with Crippen LogP contribution >= 0.6 is 0 Å². The molecule has 0 radical (unpaired) electrons. The maximum Gasteiger partial charge on any atom is 0.416 e. The molecule has 1 aliphatic heterocycles. The number of piperidine rings is 1. The van der Waals surface area contributed by atoms with E-state index in [9.17, 15) is 18.0 Å². The van der Waals surface area contributed by atoms with Crippen LogP contribution in [-0.4, -0.2) is 28.9 Å². The van der Waals surface area contributed by atoms with Crippen LogP contribution in [-0.2, 0) is 17.4 Å². The number of rotatable bonds is 5. The van der Waals surface area contributed by atoms with Crippen molar-refractivity contribution in [3.8, 4) is 0 Å². The van der Waals surface area contributed by atoms with Gasteiger partial charge in [-0.1, -0.05) is 43.3 Å². The molecule has 1 amide bonds. The number of alkyl halides is 3. The Labute approximate surface area is 180 Å². The Kier molecular flexibility index (Phi) is 6.08. The fourth-order valence-corrected chi connectivity index (χ4v) is 4.61. The minimum Gasteiger partial charge on any atom is -0.361 e. The Hall–Kier alpha value is -2.76. The smallest absolute Gasteiger partial charge is 0.361 e. The molecule has 1 aromatic heterocycles. The Morgan fingerprint density at radius 1 is 1.10 bits per heavy atom. The van der Waals surface area contributed by atoms with Gasteiger partial charge in [-0.2, -0.15) is 13.2 Å². The third-order valence-electron chi connectivity index (χ3n) is 6.29. The summed E-state index contributed by atoms with van der Waals surface area (Å²) in [5.41, 5.74) is 2.84. The average Bonchev–Trinajstić information content (AvgIpc) is 3.21. The molecule has 0 aliphatic carbocycles. The SMILES string of the molecule is CCc1cccc2c(C(CC(=O)N3CCCCC3)c3cccc(C(F)(F)F)c3)c[nH]c12. The van der Waals surface area contributed by atoms with E-state index in [1.54, 1.807) is 6.07 Å². The number of nitrogens with one attached hydrogen (secondary N) is 1. The third kappa shape index (κ3) is 4.48. The normalized spacial score (nSPS) is 15.9. The van der Waals surface area contributed by atoms with Crippen molar-refractivity contribution < 1.29 is 18.0 Å². The monoisotopic (exact) mass is 428 g/mol. The van der Waals surface area contributed by atoms with E-state index in [1.807, 2.05) is 29.3 Å². The predicted octanol–water partition coefficient (Wildman–Crippen LogP) is 6.28. The van der Waals surface area contributed by atoms with Crippen LogP contribution in [0.3, 0.4) is 0 Å². The van der Waals surface area contributed by atoms with Crippen molar-refractivity contribution in [1.82, 2.24) is 9.88 Å². The van der Waals surface area contributed by atoms with Crippen LogP contribution in [0.25, 0.3) is 10.9 Å². The van der Waals surface area contributed by atoms with Crippen LogP contribution in [0.15, 0.2) is 48.7 Å². The fraction of sp³-hybridized carbons (Fsp3) is 0.400. The van der Waals surface area contributed by atoms with Gasteiger partial charge in [-0.25, -0.2) is 0 Å². The lowest BCUT2D eigenvalue weighted by molar-refractivity contribution is -0.137. The summed E-state index contributed by atoms with van der Waals surface area (Å²) in [7, 11) is 0. The number of nitrogens with zero attached hydrogens (tertiary/aromatic N) is 1. The summed E-state index contributed by atoms with van der Waals surface area (Å²) in [6, 6.07) is 11.4. The number of fused-ring (bicyclic) bond motifs is 1. The first-order valence-electron chi connectivity index (χ1n) is 10.9. The number of halogens is 3. The molecule has 1 N–H and O–H groups in total. The highest BCUT2D eigenvalue weighted by molar-refractivity contribution is 5.88. The maximum absolute atomic E-state index is 13.4. The standard InChI is InChI=1S/C25H27F3N2O/c1-2-17-8-7-11-20-22(16-29-24(17)20)21(15-23(31)30-12-4-3-5-13-30)18-9-6-10-19(14-18)25(26,27)28/h6-11,14,16,21,29H,2-5,12-13,15H2,1H3. The number of aromatic amines is 1. The third-order valence-corrected chi connectivity index (χ3v) is 6.29. The van der Waals surface area contributed by atoms with Gasteiger partial charge in [-0.05, 0) is 48.4 Å². The van der Waals surface area contributed by atoms with Gasteiger partial charge < -0.3 is 9.88 Å². The first kappa shape index (κ1) is 21.5. The molecule has 1 unspecified atom stereocenters. The molecule has 3 nitrogen and oxygen atoms in total. The molecular weight excluding hydrogens is 401 g/mol. The molecular formula is C25H27F3N2O. The summed E-state index contributed by atoms with van der Waals surface area (Å²) >= 11 is 0. The van der Waals surface area contributed by atoms with E-state index in [-0.39, 0.29) is 12.3 Å². The van der Waals surface area contributed by atoms with Crippen molar-refractivity contribution in [1.29, 1.82) is 0 Å². The number of para-hydroxylation sites is 1. The Morgan fingerprint density at radius 3 is 2.55 bits per heavy atom. The quantitative estimate of drug-likeness (QED) is 0.510. The number of carbonyl (C=O) groups excluding carboxylic acids is 1. The van der Waals surface area contributed by atoms with Gasteiger partial charge >= 0.3 is 6.18 Å². The van der Waals surface area contributed by atoms with Gasteiger partial charge in [0.25, 0.3) is 0 Å².